The zero-order chi connectivity index (χ0) is 41.5. The van der Waals surface area contributed by atoms with Gasteiger partial charge in [0.15, 0.2) is 0 Å². The van der Waals surface area contributed by atoms with Crippen molar-refractivity contribution in [1.82, 2.24) is 5.01 Å². The fraction of sp³-hybridized carbons (Fsp3) is 0.412. The van der Waals surface area contributed by atoms with E-state index in [9.17, 15) is 0 Å². The molecule has 58 heavy (non-hydrogen) atoms. The predicted octanol–water partition coefficient (Wildman–Crippen LogP) is 12.9. The zero-order valence-corrected chi connectivity index (χ0v) is 37.1. The van der Waals surface area contributed by atoms with Crippen LogP contribution in [-0.2, 0) is 27.1 Å². The van der Waals surface area contributed by atoms with Crippen LogP contribution in [0.25, 0.3) is 11.1 Å². The van der Waals surface area contributed by atoms with Crippen LogP contribution in [0.5, 0.6) is 11.5 Å². The molecule has 1 aliphatic carbocycles. The van der Waals surface area contributed by atoms with Crippen molar-refractivity contribution in [3.8, 4) is 22.6 Å². The molecule has 0 saturated heterocycles. The van der Waals surface area contributed by atoms with E-state index >= 15 is 0 Å². The first-order chi connectivity index (χ1) is 27.1. The molecule has 7 heteroatoms. The van der Waals surface area contributed by atoms with Gasteiger partial charge in [-0.1, -0.05) is 137 Å². The number of nitrogens with zero attached hydrogens (tertiary/aromatic N) is 6. The molecule has 3 aliphatic heterocycles. The molecule has 0 N–H and O–H groups in total. The average molecular weight is 773 g/mol. The Morgan fingerprint density at radius 3 is 1.69 bits per heavy atom. The summed E-state index contributed by atoms with van der Waals surface area (Å²) in [6.07, 6.45) is 0. The van der Waals surface area contributed by atoms with Crippen LogP contribution < -0.4 is 19.5 Å². The summed E-state index contributed by atoms with van der Waals surface area (Å²) in [5, 5.41) is 12.2. The van der Waals surface area contributed by atoms with Gasteiger partial charge in [-0.15, -0.1) is 0 Å². The molecule has 0 radical (unpaired) electrons. The van der Waals surface area contributed by atoms with Crippen molar-refractivity contribution in [1.29, 1.82) is 0 Å². The summed E-state index contributed by atoms with van der Waals surface area (Å²) in [4.78, 5) is 4.94. The molecule has 7 nitrogen and oxygen atoms in total. The summed E-state index contributed by atoms with van der Waals surface area (Å²) in [6.45, 7) is 29.9. The van der Waals surface area contributed by atoms with Gasteiger partial charge in [0.05, 0.1) is 34.8 Å². The van der Waals surface area contributed by atoms with E-state index in [1.165, 1.54) is 72.7 Å². The molecule has 0 fully saturated rings. The topological polar surface area (TPSA) is 46.9 Å². The van der Waals surface area contributed by atoms with Gasteiger partial charge in [0.25, 0.3) is 0 Å². The van der Waals surface area contributed by atoms with Crippen LogP contribution >= 0.6 is 0 Å². The third-order valence-electron chi connectivity index (χ3n) is 12.8. The van der Waals surface area contributed by atoms with E-state index in [4.69, 9.17) is 4.74 Å². The third-order valence-corrected chi connectivity index (χ3v) is 12.8. The maximum atomic E-state index is 6.80. The maximum absolute atomic E-state index is 6.80. The van der Waals surface area contributed by atoms with Crippen LogP contribution in [-0.4, -0.2) is 32.4 Å². The highest BCUT2D eigenvalue weighted by atomic mass is 16.5. The Hall–Kier alpha value is -5.30. The Balaban J connectivity index is 1.39. The largest absolute Gasteiger partial charge is 0.457 e. The number of hydrogen-bond donors (Lipinski definition) is 0. The van der Waals surface area contributed by atoms with Crippen LogP contribution in [0.1, 0.15) is 128 Å². The SMILES string of the molecule is CN1CN(c2cccc(Oc3ccc4c(c3)N3CN(C)c5cccc(c53)C43c4c(cc(C(C)(C)C)cc4C(C)(C)C)-c4cc(C(C)(C)C)cc(C(C)(C)C)c43)c2)N=N1. The first-order valence-corrected chi connectivity index (χ1v) is 20.9. The van der Waals surface area contributed by atoms with E-state index in [1.807, 2.05) is 41.3 Å². The van der Waals surface area contributed by atoms with Gasteiger partial charge in [0.1, 0.15) is 18.2 Å². The lowest BCUT2D eigenvalue weighted by Crippen LogP contribution is -2.40. The monoisotopic (exact) mass is 772 g/mol. The molecule has 0 saturated carbocycles. The molecular formula is C51H60N6O. The van der Waals surface area contributed by atoms with Gasteiger partial charge in [-0.2, -0.15) is 0 Å². The standard InChI is InChI=1S/C51H60N6O/c1-47(2,3)31-23-36-37-24-32(48(4,5)6)26-41(50(10,11)12)45(37)51(44(36)40(25-31)49(7,8)9)38-22-21-35(58-34-18-15-17-33(27-34)57-30-55(14)52-53-57)28-43(38)56-29-54(13)42-20-16-19-39(51)46(42)56/h15-28H,29-30H2,1-14H3. The van der Waals surface area contributed by atoms with Gasteiger partial charge in [-0.3, -0.25) is 5.01 Å². The van der Waals surface area contributed by atoms with Crippen LogP contribution in [0.2, 0.25) is 0 Å². The van der Waals surface area contributed by atoms with Crippen molar-refractivity contribution in [3.63, 3.8) is 0 Å². The number of ether oxygens (including phenoxy) is 1. The van der Waals surface area contributed by atoms with Crippen LogP contribution in [0.3, 0.4) is 0 Å². The average Bonchev–Trinajstić information content (AvgIpc) is 3.81. The second-order valence-electron chi connectivity index (χ2n) is 21.2. The molecule has 300 valence electrons. The summed E-state index contributed by atoms with van der Waals surface area (Å²) >= 11 is 0. The van der Waals surface area contributed by atoms with E-state index in [2.05, 4.69) is 171 Å². The third kappa shape index (κ3) is 5.66. The van der Waals surface area contributed by atoms with Gasteiger partial charge in [0.2, 0.25) is 0 Å². The molecule has 0 aromatic heterocycles. The van der Waals surface area contributed by atoms with Gasteiger partial charge >= 0.3 is 0 Å². The van der Waals surface area contributed by atoms with Crippen LogP contribution in [0.15, 0.2) is 95.4 Å². The van der Waals surface area contributed by atoms with E-state index in [-0.39, 0.29) is 21.7 Å². The van der Waals surface area contributed by atoms with Crippen molar-refractivity contribution >= 4 is 22.7 Å². The van der Waals surface area contributed by atoms with E-state index < -0.39 is 5.41 Å². The molecule has 9 rings (SSSR count). The molecule has 5 aromatic rings. The van der Waals surface area contributed by atoms with Crippen molar-refractivity contribution < 1.29 is 4.74 Å². The molecule has 1 spiro atoms. The number of rotatable bonds is 3. The summed E-state index contributed by atoms with van der Waals surface area (Å²) < 4.78 is 6.80. The highest BCUT2D eigenvalue weighted by Gasteiger charge is 2.57. The highest BCUT2D eigenvalue weighted by Crippen LogP contribution is 2.68. The van der Waals surface area contributed by atoms with Gasteiger partial charge < -0.3 is 14.5 Å². The molecule has 5 aromatic carbocycles. The van der Waals surface area contributed by atoms with Gasteiger partial charge in [-0.25, -0.2) is 5.01 Å². The van der Waals surface area contributed by atoms with Crippen molar-refractivity contribution in [2.75, 3.05) is 42.2 Å². The van der Waals surface area contributed by atoms with Gasteiger partial charge in [0, 0.05) is 26.2 Å². The number of hydrogen-bond acceptors (Lipinski definition) is 7. The predicted molar refractivity (Wildman–Crippen MR) is 240 cm³/mol. The van der Waals surface area contributed by atoms with Crippen LogP contribution in [0.4, 0.5) is 22.7 Å². The first-order valence-electron chi connectivity index (χ1n) is 20.9. The van der Waals surface area contributed by atoms with Crippen LogP contribution in [0, 0.1) is 0 Å². The summed E-state index contributed by atoms with van der Waals surface area (Å²) in [6, 6.07) is 32.3. The summed E-state index contributed by atoms with van der Waals surface area (Å²) in [5.41, 5.74) is 17.6. The minimum absolute atomic E-state index is 0.0332. The quantitative estimate of drug-likeness (QED) is 0.179. The molecule has 0 atom stereocenters. The first kappa shape index (κ1) is 38.2. The molecule has 0 bridgehead atoms. The minimum atomic E-state index is -0.587. The molecule has 0 unspecified atom stereocenters. The maximum Gasteiger partial charge on any atom is 0.132 e. The number of para-hydroxylation sites is 1. The lowest BCUT2D eigenvalue weighted by Gasteiger charge is -2.46. The lowest BCUT2D eigenvalue weighted by atomic mass is 9.59. The Morgan fingerprint density at radius 2 is 1.14 bits per heavy atom. The zero-order valence-electron chi connectivity index (χ0n) is 37.1. The van der Waals surface area contributed by atoms with E-state index in [0.29, 0.717) is 6.67 Å². The van der Waals surface area contributed by atoms with Crippen molar-refractivity contribution in [2.24, 2.45) is 10.4 Å². The Labute approximate surface area is 346 Å². The van der Waals surface area contributed by atoms with Gasteiger partial charge in [-0.05, 0) is 107 Å². The molecule has 3 heterocycles. The summed E-state index contributed by atoms with van der Waals surface area (Å²) in [7, 11) is 4.15. The number of anilines is 4. The molecule has 0 amide bonds. The second kappa shape index (κ2) is 12.4. The van der Waals surface area contributed by atoms with Crippen molar-refractivity contribution in [2.45, 2.75) is 110 Å². The molecular weight excluding hydrogens is 713 g/mol. The second-order valence-corrected chi connectivity index (χ2v) is 21.2. The van der Waals surface area contributed by atoms with E-state index in [1.54, 1.807) is 0 Å². The number of fused-ring (bicyclic) bond motifs is 9. The lowest BCUT2D eigenvalue weighted by molar-refractivity contribution is 0.390. The smallest absolute Gasteiger partial charge is 0.132 e. The Morgan fingerprint density at radius 1 is 0.552 bits per heavy atom. The Bertz CT molecular complexity index is 2460. The number of benzene rings is 5. The highest BCUT2D eigenvalue weighted by molar-refractivity contribution is 6.00. The minimum Gasteiger partial charge on any atom is -0.457 e. The van der Waals surface area contributed by atoms with E-state index in [0.717, 1.165) is 23.9 Å². The summed E-state index contributed by atoms with van der Waals surface area (Å²) in [5.74, 6) is 1.57. The fourth-order valence-corrected chi connectivity index (χ4v) is 9.82. The fourth-order valence-electron chi connectivity index (χ4n) is 9.82. The van der Waals surface area contributed by atoms with Crippen molar-refractivity contribution in [3.05, 3.63) is 129 Å². The molecule has 4 aliphatic rings. The normalized spacial score (nSPS) is 16.6. The Kier molecular flexibility index (Phi) is 8.15.